The summed E-state index contributed by atoms with van der Waals surface area (Å²) in [6.07, 6.45) is 3.40. The first kappa shape index (κ1) is 18.9. The van der Waals surface area contributed by atoms with Gasteiger partial charge < -0.3 is 15.5 Å². The van der Waals surface area contributed by atoms with Crippen LogP contribution in [0.5, 0.6) is 5.75 Å². The van der Waals surface area contributed by atoms with Gasteiger partial charge in [-0.3, -0.25) is 19.1 Å². The first-order valence-corrected chi connectivity index (χ1v) is 9.04. The number of amides is 1. The second-order valence-electron chi connectivity index (χ2n) is 6.77. The standard InChI is InChI=1S/C19H23N3O5/c23-11-10-22-18(26)16(24)15(21-19(22)27)17(25)20-14-8-6-13(7-9-14)12-4-2-1-3-5-12/h1-5,13-14,23-24H,6-11H2,(H,20,25)(H,21,27)/t13-,14+. The van der Waals surface area contributed by atoms with Crippen LogP contribution < -0.4 is 16.6 Å². The molecule has 0 unspecified atom stereocenters. The summed E-state index contributed by atoms with van der Waals surface area (Å²) in [4.78, 5) is 38.6. The molecule has 0 bridgehead atoms. The lowest BCUT2D eigenvalue weighted by Crippen LogP contribution is -2.42. The Morgan fingerprint density at radius 3 is 2.44 bits per heavy atom. The maximum Gasteiger partial charge on any atom is 0.329 e. The number of nitrogens with one attached hydrogen (secondary N) is 2. The molecule has 1 saturated carbocycles. The molecule has 1 aliphatic carbocycles. The van der Waals surface area contributed by atoms with Gasteiger partial charge in [-0.2, -0.15) is 0 Å². The van der Waals surface area contributed by atoms with Gasteiger partial charge in [0.25, 0.3) is 11.5 Å². The molecule has 3 rings (SSSR count). The molecular formula is C19H23N3O5. The highest BCUT2D eigenvalue weighted by Crippen LogP contribution is 2.32. The van der Waals surface area contributed by atoms with Gasteiger partial charge >= 0.3 is 5.69 Å². The van der Waals surface area contributed by atoms with Crippen molar-refractivity contribution in [3.05, 3.63) is 62.4 Å². The Morgan fingerprint density at radius 1 is 1.15 bits per heavy atom. The zero-order valence-corrected chi connectivity index (χ0v) is 14.9. The van der Waals surface area contributed by atoms with Crippen molar-refractivity contribution in [3.63, 3.8) is 0 Å². The molecule has 144 valence electrons. The van der Waals surface area contributed by atoms with Gasteiger partial charge in [-0.1, -0.05) is 30.3 Å². The summed E-state index contributed by atoms with van der Waals surface area (Å²) in [7, 11) is 0. The fraction of sp³-hybridized carbons (Fsp3) is 0.421. The molecule has 1 aromatic heterocycles. The molecule has 27 heavy (non-hydrogen) atoms. The van der Waals surface area contributed by atoms with Crippen molar-refractivity contribution in [1.29, 1.82) is 0 Å². The Balaban J connectivity index is 1.67. The number of aromatic amines is 1. The lowest BCUT2D eigenvalue weighted by molar-refractivity contribution is 0.0916. The first-order valence-electron chi connectivity index (χ1n) is 9.04. The predicted molar refractivity (Wildman–Crippen MR) is 99.0 cm³/mol. The molecule has 8 heteroatoms. The molecule has 1 aromatic carbocycles. The van der Waals surface area contributed by atoms with E-state index in [1.807, 2.05) is 18.2 Å². The number of nitrogens with zero attached hydrogens (tertiary/aromatic N) is 1. The van der Waals surface area contributed by atoms with Crippen LogP contribution in [-0.2, 0) is 6.54 Å². The van der Waals surface area contributed by atoms with Crippen LogP contribution in [-0.4, -0.2) is 38.3 Å². The third-order valence-electron chi connectivity index (χ3n) is 5.05. The molecule has 8 nitrogen and oxygen atoms in total. The second kappa shape index (κ2) is 8.22. The zero-order valence-electron chi connectivity index (χ0n) is 14.9. The Kier molecular flexibility index (Phi) is 5.75. The van der Waals surface area contributed by atoms with E-state index < -0.39 is 35.2 Å². The quantitative estimate of drug-likeness (QED) is 0.614. The van der Waals surface area contributed by atoms with E-state index in [0.29, 0.717) is 10.5 Å². The molecule has 1 fully saturated rings. The van der Waals surface area contributed by atoms with Crippen molar-refractivity contribution in [2.75, 3.05) is 6.61 Å². The van der Waals surface area contributed by atoms with Crippen molar-refractivity contribution >= 4 is 5.91 Å². The van der Waals surface area contributed by atoms with E-state index in [1.54, 1.807) is 0 Å². The van der Waals surface area contributed by atoms with Crippen molar-refractivity contribution < 1.29 is 15.0 Å². The monoisotopic (exact) mass is 373 g/mol. The number of benzene rings is 1. The van der Waals surface area contributed by atoms with E-state index in [2.05, 4.69) is 22.4 Å². The molecular weight excluding hydrogens is 350 g/mol. The Hall–Kier alpha value is -2.87. The summed E-state index contributed by atoms with van der Waals surface area (Å²) in [5.74, 6) is -1.05. The Morgan fingerprint density at radius 2 is 1.81 bits per heavy atom. The number of aromatic nitrogens is 2. The van der Waals surface area contributed by atoms with Crippen LogP contribution in [0.4, 0.5) is 0 Å². The Labute approximate surface area is 155 Å². The van der Waals surface area contributed by atoms with Crippen LogP contribution in [0, 0.1) is 0 Å². The van der Waals surface area contributed by atoms with Crippen LogP contribution in [0.2, 0.25) is 0 Å². The SMILES string of the molecule is O=C(N[C@H]1CC[C@@H](c2ccccc2)CC1)c1[nH]c(=O)n(CCO)c(=O)c1O. The van der Waals surface area contributed by atoms with E-state index in [0.717, 1.165) is 25.7 Å². The van der Waals surface area contributed by atoms with E-state index in [4.69, 9.17) is 5.11 Å². The summed E-state index contributed by atoms with van der Waals surface area (Å²) in [5.41, 5.74) is -0.989. The van der Waals surface area contributed by atoms with E-state index >= 15 is 0 Å². The number of hydrogen-bond donors (Lipinski definition) is 4. The lowest BCUT2D eigenvalue weighted by atomic mass is 9.82. The minimum absolute atomic E-state index is 0.0831. The largest absolute Gasteiger partial charge is 0.501 e. The van der Waals surface area contributed by atoms with Gasteiger partial charge in [0.15, 0.2) is 5.69 Å². The van der Waals surface area contributed by atoms with Crippen molar-refractivity contribution in [1.82, 2.24) is 14.9 Å². The fourth-order valence-corrected chi connectivity index (χ4v) is 3.58. The number of H-pyrrole nitrogens is 1. The average Bonchev–Trinajstić information content (AvgIpc) is 2.69. The van der Waals surface area contributed by atoms with Crippen LogP contribution >= 0.6 is 0 Å². The van der Waals surface area contributed by atoms with Crippen molar-refractivity contribution in [2.45, 2.75) is 44.2 Å². The van der Waals surface area contributed by atoms with Gasteiger partial charge in [-0.15, -0.1) is 0 Å². The molecule has 4 N–H and O–H groups in total. The minimum atomic E-state index is -0.995. The van der Waals surface area contributed by atoms with Gasteiger partial charge in [0, 0.05) is 6.04 Å². The van der Waals surface area contributed by atoms with Crippen LogP contribution in [0.3, 0.4) is 0 Å². The molecule has 0 atom stereocenters. The topological polar surface area (TPSA) is 124 Å². The first-order chi connectivity index (χ1) is 13.0. The maximum absolute atomic E-state index is 12.4. The predicted octanol–water partition coefficient (Wildman–Crippen LogP) is 0.691. The normalized spacial score (nSPS) is 19.6. The molecule has 0 aliphatic heterocycles. The Bertz CT molecular complexity index is 911. The fourth-order valence-electron chi connectivity index (χ4n) is 3.58. The number of aromatic hydroxyl groups is 1. The smallest absolute Gasteiger partial charge is 0.329 e. The third kappa shape index (κ3) is 4.11. The van der Waals surface area contributed by atoms with Crippen LogP contribution in [0.15, 0.2) is 39.9 Å². The summed E-state index contributed by atoms with van der Waals surface area (Å²) in [6, 6.07) is 10.1. The summed E-state index contributed by atoms with van der Waals surface area (Å²) < 4.78 is 0.650. The number of carbonyl (C=O) groups excluding carboxylic acids is 1. The highest BCUT2D eigenvalue weighted by Gasteiger charge is 2.26. The number of carbonyl (C=O) groups is 1. The molecule has 1 amide bonds. The molecule has 2 aromatic rings. The maximum atomic E-state index is 12.4. The number of aliphatic hydroxyl groups is 1. The van der Waals surface area contributed by atoms with Gasteiger partial charge in [0.1, 0.15) is 0 Å². The summed E-state index contributed by atoms with van der Waals surface area (Å²) in [6.45, 7) is -0.689. The van der Waals surface area contributed by atoms with Gasteiger partial charge in [0.05, 0.1) is 13.2 Å². The molecule has 0 spiro atoms. The summed E-state index contributed by atoms with van der Waals surface area (Å²) >= 11 is 0. The lowest BCUT2D eigenvalue weighted by Gasteiger charge is -2.29. The minimum Gasteiger partial charge on any atom is -0.501 e. The number of rotatable bonds is 5. The van der Waals surface area contributed by atoms with Gasteiger partial charge in [-0.25, -0.2) is 4.79 Å². The summed E-state index contributed by atoms with van der Waals surface area (Å²) in [5, 5.41) is 21.6. The average molecular weight is 373 g/mol. The molecule has 1 aliphatic rings. The highest BCUT2D eigenvalue weighted by atomic mass is 16.3. The van der Waals surface area contributed by atoms with Crippen molar-refractivity contribution in [3.8, 4) is 5.75 Å². The number of aliphatic hydroxyl groups excluding tert-OH is 1. The molecule has 1 heterocycles. The van der Waals surface area contributed by atoms with Crippen molar-refractivity contribution in [2.24, 2.45) is 0 Å². The molecule has 0 saturated heterocycles. The van der Waals surface area contributed by atoms with Crippen LogP contribution in [0.1, 0.15) is 47.7 Å². The van der Waals surface area contributed by atoms with E-state index in [1.165, 1.54) is 5.56 Å². The number of hydrogen-bond acceptors (Lipinski definition) is 5. The zero-order chi connectivity index (χ0) is 19.4. The molecule has 0 radical (unpaired) electrons. The highest BCUT2D eigenvalue weighted by molar-refractivity contribution is 5.94. The van der Waals surface area contributed by atoms with E-state index in [-0.39, 0.29) is 12.6 Å². The second-order valence-corrected chi connectivity index (χ2v) is 6.77. The van der Waals surface area contributed by atoms with Gasteiger partial charge in [-0.05, 0) is 37.2 Å². The van der Waals surface area contributed by atoms with Gasteiger partial charge in [0.2, 0.25) is 5.75 Å². The van der Waals surface area contributed by atoms with E-state index in [9.17, 15) is 19.5 Å². The third-order valence-corrected chi connectivity index (χ3v) is 5.05. The van der Waals surface area contributed by atoms with Crippen LogP contribution in [0.25, 0.3) is 0 Å².